The molecule has 1 atom stereocenters. The van der Waals surface area contributed by atoms with E-state index in [1.165, 1.54) is 0 Å². The van der Waals surface area contributed by atoms with Crippen LogP contribution in [-0.2, 0) is 9.53 Å². The van der Waals surface area contributed by atoms with Gasteiger partial charge in [-0.15, -0.1) is 0 Å². The minimum Gasteiger partial charge on any atom is -0.391 e. The number of hydrogen-bond donors (Lipinski definition) is 3. The number of carbonyl (C=O) groups excluding carboxylic acids is 1. The Morgan fingerprint density at radius 2 is 2.17 bits per heavy atom. The van der Waals surface area contributed by atoms with Crippen LogP contribution in [0.3, 0.4) is 0 Å². The molecule has 0 bridgehead atoms. The first-order valence-electron chi connectivity index (χ1n) is 6.84. The lowest BCUT2D eigenvalue weighted by molar-refractivity contribution is -0.136. The van der Waals surface area contributed by atoms with E-state index in [1.807, 2.05) is 0 Å². The molecule has 1 saturated heterocycles. The van der Waals surface area contributed by atoms with Gasteiger partial charge in [0.2, 0.25) is 5.91 Å². The maximum Gasteiger partial charge on any atom is 0.228 e. The second-order valence-corrected chi connectivity index (χ2v) is 5.58. The van der Waals surface area contributed by atoms with E-state index in [4.69, 9.17) is 4.74 Å². The zero-order valence-corrected chi connectivity index (χ0v) is 11.1. The Bertz CT molecular complexity index is 280. The van der Waals surface area contributed by atoms with Gasteiger partial charge in [0, 0.05) is 13.7 Å². The number of rotatable bonds is 6. The van der Waals surface area contributed by atoms with Gasteiger partial charge < -0.3 is 20.5 Å². The van der Waals surface area contributed by atoms with Crippen LogP contribution in [0.15, 0.2) is 0 Å². The van der Waals surface area contributed by atoms with Crippen LogP contribution in [-0.4, -0.2) is 50.5 Å². The zero-order valence-electron chi connectivity index (χ0n) is 11.1. The largest absolute Gasteiger partial charge is 0.391 e. The summed E-state index contributed by atoms with van der Waals surface area (Å²) in [5.74, 6) is 0.433. The molecule has 1 unspecified atom stereocenters. The summed E-state index contributed by atoms with van der Waals surface area (Å²) in [5.41, 5.74) is -0.413. The smallest absolute Gasteiger partial charge is 0.228 e. The van der Waals surface area contributed by atoms with Crippen molar-refractivity contribution in [3.05, 3.63) is 0 Å². The van der Waals surface area contributed by atoms with Crippen LogP contribution in [0.2, 0.25) is 0 Å². The maximum absolute atomic E-state index is 12.3. The molecule has 104 valence electrons. The van der Waals surface area contributed by atoms with Crippen molar-refractivity contribution in [1.29, 1.82) is 0 Å². The highest BCUT2D eigenvalue weighted by Crippen LogP contribution is 2.33. The zero-order chi connectivity index (χ0) is 13.0. The van der Waals surface area contributed by atoms with Gasteiger partial charge in [0.05, 0.1) is 18.1 Å². The Balaban J connectivity index is 1.86. The number of aliphatic hydroxyl groups is 1. The second kappa shape index (κ2) is 5.99. The fourth-order valence-corrected chi connectivity index (χ4v) is 2.65. The molecule has 18 heavy (non-hydrogen) atoms. The molecule has 1 saturated carbocycles. The summed E-state index contributed by atoms with van der Waals surface area (Å²) in [4.78, 5) is 12.3. The van der Waals surface area contributed by atoms with Gasteiger partial charge in [0.1, 0.15) is 0 Å². The van der Waals surface area contributed by atoms with Crippen LogP contribution >= 0.6 is 0 Å². The highest BCUT2D eigenvalue weighted by molar-refractivity contribution is 5.83. The number of hydrogen-bond acceptors (Lipinski definition) is 4. The molecule has 0 aromatic heterocycles. The Morgan fingerprint density at radius 1 is 1.50 bits per heavy atom. The van der Waals surface area contributed by atoms with Crippen LogP contribution in [0, 0.1) is 11.3 Å². The number of aliphatic hydroxyl groups excluding tert-OH is 1. The number of methoxy groups -OCH3 is 1. The summed E-state index contributed by atoms with van der Waals surface area (Å²) < 4.78 is 5.22. The van der Waals surface area contributed by atoms with E-state index >= 15 is 0 Å². The number of ether oxygens (including phenoxy) is 1. The molecule has 0 aromatic rings. The second-order valence-electron chi connectivity index (χ2n) is 5.58. The number of amides is 1. The van der Waals surface area contributed by atoms with Crippen molar-refractivity contribution in [2.45, 2.75) is 31.8 Å². The highest BCUT2D eigenvalue weighted by Gasteiger charge is 2.40. The van der Waals surface area contributed by atoms with Crippen LogP contribution in [0.25, 0.3) is 0 Å². The fraction of sp³-hybridized carbons (Fsp3) is 0.923. The molecular formula is C13H24N2O3. The molecule has 2 aliphatic rings. The lowest BCUT2D eigenvalue weighted by Crippen LogP contribution is -2.51. The van der Waals surface area contributed by atoms with Crippen molar-refractivity contribution in [3.63, 3.8) is 0 Å². The Labute approximate surface area is 108 Å². The topological polar surface area (TPSA) is 70.6 Å². The van der Waals surface area contributed by atoms with E-state index in [1.54, 1.807) is 7.11 Å². The molecule has 0 radical (unpaired) electrons. The van der Waals surface area contributed by atoms with Gasteiger partial charge in [-0.1, -0.05) is 0 Å². The monoisotopic (exact) mass is 256 g/mol. The summed E-state index contributed by atoms with van der Waals surface area (Å²) in [6, 6.07) is 0. The standard InChI is InChI=1S/C13H24N2O3/c1-18-9-13(4-6-14-7-5-13)12(17)15-8-11(16)10-2-3-10/h10-11,14,16H,2-9H2,1H3,(H,15,17). The van der Waals surface area contributed by atoms with Gasteiger partial charge in [-0.2, -0.15) is 0 Å². The molecule has 2 rings (SSSR count). The van der Waals surface area contributed by atoms with Gasteiger partial charge >= 0.3 is 0 Å². The lowest BCUT2D eigenvalue weighted by atomic mass is 9.78. The first kappa shape index (κ1) is 13.8. The Kier molecular flexibility index (Phi) is 4.59. The third-order valence-corrected chi connectivity index (χ3v) is 4.10. The minimum absolute atomic E-state index is 0.0329. The van der Waals surface area contributed by atoms with Gasteiger partial charge in [-0.3, -0.25) is 4.79 Å². The van der Waals surface area contributed by atoms with Crippen molar-refractivity contribution >= 4 is 5.91 Å². The third kappa shape index (κ3) is 3.22. The first-order valence-corrected chi connectivity index (χ1v) is 6.84. The lowest BCUT2D eigenvalue weighted by Gasteiger charge is -2.35. The molecule has 2 fully saturated rings. The van der Waals surface area contributed by atoms with Crippen LogP contribution in [0.5, 0.6) is 0 Å². The molecule has 0 aromatic carbocycles. The SMILES string of the molecule is COCC1(C(=O)NCC(O)C2CC2)CCNCC1. The molecule has 5 nitrogen and oxygen atoms in total. The molecule has 1 aliphatic heterocycles. The van der Waals surface area contributed by atoms with E-state index in [0.29, 0.717) is 19.1 Å². The molecule has 5 heteroatoms. The summed E-state index contributed by atoms with van der Waals surface area (Å²) in [7, 11) is 1.64. The maximum atomic E-state index is 12.3. The Hall–Kier alpha value is -0.650. The molecular weight excluding hydrogens is 232 g/mol. The van der Waals surface area contributed by atoms with Crippen LogP contribution < -0.4 is 10.6 Å². The van der Waals surface area contributed by atoms with Gasteiger partial charge in [-0.05, 0) is 44.7 Å². The molecule has 3 N–H and O–H groups in total. The highest BCUT2D eigenvalue weighted by atomic mass is 16.5. The fourth-order valence-electron chi connectivity index (χ4n) is 2.65. The normalized spacial score (nSPS) is 24.6. The predicted octanol–water partition coefficient (Wildman–Crippen LogP) is -0.110. The summed E-state index contributed by atoms with van der Waals surface area (Å²) >= 11 is 0. The number of nitrogens with one attached hydrogen (secondary N) is 2. The average molecular weight is 256 g/mol. The number of piperidine rings is 1. The molecule has 1 aliphatic carbocycles. The van der Waals surface area contributed by atoms with Gasteiger partial charge in [0.15, 0.2) is 0 Å². The van der Waals surface area contributed by atoms with E-state index in [9.17, 15) is 9.90 Å². The van der Waals surface area contributed by atoms with Crippen molar-refractivity contribution in [2.24, 2.45) is 11.3 Å². The van der Waals surface area contributed by atoms with Crippen LogP contribution in [0.1, 0.15) is 25.7 Å². The minimum atomic E-state index is -0.413. The van der Waals surface area contributed by atoms with Crippen molar-refractivity contribution in [1.82, 2.24) is 10.6 Å². The summed E-state index contributed by atoms with van der Waals surface area (Å²) in [6.45, 7) is 2.53. The predicted molar refractivity (Wildman–Crippen MR) is 68.2 cm³/mol. The van der Waals surface area contributed by atoms with Gasteiger partial charge in [0.25, 0.3) is 0 Å². The van der Waals surface area contributed by atoms with Crippen LogP contribution in [0.4, 0.5) is 0 Å². The van der Waals surface area contributed by atoms with Crippen molar-refractivity contribution in [3.8, 4) is 0 Å². The van der Waals surface area contributed by atoms with E-state index in [0.717, 1.165) is 38.8 Å². The summed E-state index contributed by atoms with van der Waals surface area (Å²) in [5, 5.41) is 16.0. The van der Waals surface area contributed by atoms with E-state index in [2.05, 4.69) is 10.6 Å². The van der Waals surface area contributed by atoms with E-state index in [-0.39, 0.29) is 12.0 Å². The van der Waals surface area contributed by atoms with Crippen molar-refractivity contribution in [2.75, 3.05) is 33.4 Å². The van der Waals surface area contributed by atoms with Crippen molar-refractivity contribution < 1.29 is 14.6 Å². The molecule has 1 heterocycles. The molecule has 1 amide bonds. The van der Waals surface area contributed by atoms with Gasteiger partial charge in [-0.25, -0.2) is 0 Å². The third-order valence-electron chi connectivity index (χ3n) is 4.10. The average Bonchev–Trinajstić information content (AvgIpc) is 3.21. The molecule has 0 spiro atoms. The first-order chi connectivity index (χ1) is 8.68. The van der Waals surface area contributed by atoms with E-state index < -0.39 is 5.41 Å². The number of carbonyl (C=O) groups is 1. The quantitative estimate of drug-likeness (QED) is 0.620. The Morgan fingerprint density at radius 3 is 2.72 bits per heavy atom. The summed E-state index contributed by atoms with van der Waals surface area (Å²) in [6.07, 6.45) is 3.39.